The summed E-state index contributed by atoms with van der Waals surface area (Å²) in [6.07, 6.45) is -0.972. The third kappa shape index (κ3) is 35.6. The fraction of sp³-hybridized carbons (Fsp3) is 1.00. The van der Waals surface area contributed by atoms with Crippen LogP contribution in [0.25, 0.3) is 0 Å². The zero-order chi connectivity index (χ0) is 3.58. The van der Waals surface area contributed by atoms with E-state index in [9.17, 15) is 4.32 Å². The van der Waals surface area contributed by atoms with Crippen molar-refractivity contribution in [2.75, 3.05) is 0 Å². The van der Waals surface area contributed by atoms with Gasteiger partial charge in [0.2, 0.25) is 0 Å². The van der Waals surface area contributed by atoms with Crippen LogP contribution < -0.4 is 0 Å². The molecule has 24 valence electrons. The van der Waals surface area contributed by atoms with Gasteiger partial charge in [0.1, 0.15) is 0 Å². The number of hydrogen-bond acceptors (Lipinski definition) is 1. The normalized spacial score (nSPS) is 6.75. The Balaban J connectivity index is 2.32. The Morgan fingerprint density at radius 2 is 2.00 bits per heavy atom. The van der Waals surface area contributed by atoms with E-state index in [4.69, 9.17) is 0 Å². The monoisotopic (exact) mass is 78.0 g/mol. The molecule has 0 heterocycles. The van der Waals surface area contributed by atoms with Gasteiger partial charge in [0, 0.05) is 0 Å². The molecule has 0 rings (SSSR count). The van der Waals surface area contributed by atoms with Crippen LogP contribution in [0.3, 0.4) is 0 Å². The molecular formula is CH4BFS. The van der Waals surface area contributed by atoms with E-state index < -0.39 is 6.27 Å². The minimum absolute atomic E-state index is 0.972. The molecule has 0 bridgehead atoms. The van der Waals surface area contributed by atoms with Crippen molar-refractivity contribution in [3.8, 4) is 0 Å². The van der Waals surface area contributed by atoms with Crippen LogP contribution in [0.1, 0.15) is 0 Å². The first-order chi connectivity index (χ1) is 1.73. The van der Waals surface area contributed by atoms with Gasteiger partial charge >= 0.3 is 6.27 Å². The molecule has 0 fully saturated rings. The predicted molar refractivity (Wildman–Crippen MR) is 21.7 cm³/mol. The summed E-state index contributed by atoms with van der Waals surface area (Å²) in [5, 5.41) is 0. The van der Waals surface area contributed by atoms with E-state index in [0.29, 0.717) is 0 Å². The fourth-order valence-electron chi connectivity index (χ4n) is 0. The second-order valence-corrected chi connectivity index (χ2v) is 1.29. The van der Waals surface area contributed by atoms with E-state index in [2.05, 4.69) is 12.5 Å². The molecule has 0 aromatic rings. The summed E-state index contributed by atoms with van der Waals surface area (Å²) < 4.78 is 10.9. The average molecular weight is 77.9 g/mol. The SMILES string of the molecule is CB(F)S. The molecular weight excluding hydrogens is 73.9 g/mol. The molecule has 0 atom stereocenters. The van der Waals surface area contributed by atoms with Crippen LogP contribution in [0.15, 0.2) is 0 Å². The van der Waals surface area contributed by atoms with Crippen molar-refractivity contribution in [1.82, 2.24) is 0 Å². The molecule has 3 heteroatoms. The summed E-state index contributed by atoms with van der Waals surface area (Å²) in [4.78, 5) is 0. The predicted octanol–water partition coefficient (Wildman–Crippen LogP) is 1.00. The van der Waals surface area contributed by atoms with Gasteiger partial charge < -0.3 is 4.32 Å². The maximum Gasteiger partial charge on any atom is 0.406 e. The molecule has 0 aliphatic rings. The highest BCUT2D eigenvalue weighted by Gasteiger charge is 1.87. The fourth-order valence-corrected chi connectivity index (χ4v) is 0. The maximum atomic E-state index is 10.9. The van der Waals surface area contributed by atoms with E-state index in [1.807, 2.05) is 0 Å². The lowest BCUT2D eigenvalue weighted by Crippen LogP contribution is -1.76. The van der Waals surface area contributed by atoms with Gasteiger partial charge in [-0.2, -0.15) is 12.5 Å². The summed E-state index contributed by atoms with van der Waals surface area (Å²) in [6.45, 7) is 1.36. The van der Waals surface area contributed by atoms with Crippen LogP contribution in [0, 0.1) is 0 Å². The second-order valence-electron chi connectivity index (χ2n) is 0.574. The lowest BCUT2D eigenvalue weighted by molar-refractivity contribution is 0.870. The Morgan fingerprint density at radius 1 is 2.00 bits per heavy atom. The zero-order valence-corrected chi connectivity index (χ0v) is 3.30. The van der Waals surface area contributed by atoms with Crippen molar-refractivity contribution in [3.05, 3.63) is 0 Å². The van der Waals surface area contributed by atoms with Crippen LogP contribution in [0.5, 0.6) is 0 Å². The molecule has 4 heavy (non-hydrogen) atoms. The summed E-state index contributed by atoms with van der Waals surface area (Å²) in [7, 11) is 0. The van der Waals surface area contributed by atoms with E-state index >= 15 is 0 Å². The molecule has 0 nitrogen and oxygen atoms in total. The van der Waals surface area contributed by atoms with Crippen LogP contribution in [0.4, 0.5) is 4.32 Å². The second kappa shape index (κ2) is 1.64. The largest absolute Gasteiger partial charge is 0.406 e. The highest BCUT2D eigenvalue weighted by atomic mass is 32.1. The van der Waals surface area contributed by atoms with Gasteiger partial charge in [0.05, 0.1) is 0 Å². The molecule has 0 unspecified atom stereocenters. The third-order valence-electron chi connectivity index (χ3n) is 0. The summed E-state index contributed by atoms with van der Waals surface area (Å²) in [5.41, 5.74) is 0. The van der Waals surface area contributed by atoms with Gasteiger partial charge in [-0.1, -0.05) is 0 Å². The Bertz CT molecular complexity index is 12.8. The van der Waals surface area contributed by atoms with Gasteiger partial charge in [-0.05, 0) is 6.82 Å². The zero-order valence-electron chi connectivity index (χ0n) is 2.40. The maximum absolute atomic E-state index is 10.9. The van der Waals surface area contributed by atoms with Crippen molar-refractivity contribution < 1.29 is 4.32 Å². The lowest BCUT2D eigenvalue weighted by atomic mass is 10.1. The first-order valence-electron chi connectivity index (χ1n) is 1.05. The van der Waals surface area contributed by atoms with E-state index in [1.165, 1.54) is 6.82 Å². The van der Waals surface area contributed by atoms with E-state index in [0.717, 1.165) is 0 Å². The van der Waals surface area contributed by atoms with Gasteiger partial charge in [0.25, 0.3) is 0 Å². The first kappa shape index (κ1) is 4.34. The molecule has 0 radical (unpaired) electrons. The van der Waals surface area contributed by atoms with Crippen molar-refractivity contribution in [2.45, 2.75) is 6.82 Å². The highest BCUT2D eigenvalue weighted by Crippen LogP contribution is 1.82. The van der Waals surface area contributed by atoms with E-state index in [-0.39, 0.29) is 0 Å². The van der Waals surface area contributed by atoms with Crippen molar-refractivity contribution >= 4 is 18.7 Å². The summed E-state index contributed by atoms with van der Waals surface area (Å²) in [6, 6.07) is 0. The molecule has 0 saturated carbocycles. The van der Waals surface area contributed by atoms with Crippen molar-refractivity contribution in [1.29, 1.82) is 0 Å². The van der Waals surface area contributed by atoms with Gasteiger partial charge in [-0.25, -0.2) is 0 Å². The lowest BCUT2D eigenvalue weighted by Gasteiger charge is -1.65. The Kier molecular flexibility index (Phi) is 1.79. The number of thiol groups is 1. The smallest absolute Gasteiger partial charge is 0.320 e. The minimum Gasteiger partial charge on any atom is -0.320 e. The number of rotatable bonds is 0. The molecule has 0 aliphatic carbocycles. The van der Waals surface area contributed by atoms with Gasteiger partial charge in [0.15, 0.2) is 0 Å². The van der Waals surface area contributed by atoms with Crippen LogP contribution >= 0.6 is 12.5 Å². The molecule has 0 spiro atoms. The third-order valence-corrected chi connectivity index (χ3v) is 0. The Hall–Kier alpha value is 0.345. The highest BCUT2D eigenvalue weighted by molar-refractivity contribution is 8.09. The number of halogens is 1. The summed E-state index contributed by atoms with van der Waals surface area (Å²) >= 11 is 3.30. The van der Waals surface area contributed by atoms with Crippen LogP contribution in [-0.4, -0.2) is 6.27 Å². The van der Waals surface area contributed by atoms with Crippen molar-refractivity contribution in [3.63, 3.8) is 0 Å². The topological polar surface area (TPSA) is 0 Å². The minimum atomic E-state index is -0.972. The standard InChI is InChI=1S/CH4BFS/c1-2(3)4/h4H,1H3. The van der Waals surface area contributed by atoms with Gasteiger partial charge in [-0.15, -0.1) is 0 Å². The van der Waals surface area contributed by atoms with Crippen LogP contribution in [0.2, 0.25) is 6.82 Å². The number of hydrogen-bond donors (Lipinski definition) is 1. The Morgan fingerprint density at radius 3 is 2.00 bits per heavy atom. The molecule has 0 aromatic carbocycles. The first-order valence-corrected chi connectivity index (χ1v) is 1.57. The molecule has 0 aliphatic heterocycles. The summed E-state index contributed by atoms with van der Waals surface area (Å²) in [5.74, 6) is 0. The molecule has 0 amide bonds. The Labute approximate surface area is 30.8 Å². The quantitative estimate of drug-likeness (QED) is 0.324. The average Bonchev–Trinajstić information content (AvgIpc) is 0.811. The molecule has 0 saturated heterocycles. The van der Waals surface area contributed by atoms with Gasteiger partial charge in [-0.3, -0.25) is 0 Å². The molecule has 0 aromatic heterocycles. The van der Waals surface area contributed by atoms with Crippen molar-refractivity contribution in [2.24, 2.45) is 0 Å². The van der Waals surface area contributed by atoms with Crippen LogP contribution in [-0.2, 0) is 0 Å². The van der Waals surface area contributed by atoms with E-state index in [1.54, 1.807) is 0 Å². The molecule has 0 N–H and O–H groups in total.